The number of anilines is 1. The number of aromatic nitrogens is 2. The molecule has 1 amide bonds. The highest BCUT2D eigenvalue weighted by Crippen LogP contribution is 2.29. The minimum atomic E-state index is -0.0184. The zero-order chi connectivity index (χ0) is 13.9. The Morgan fingerprint density at radius 1 is 1.35 bits per heavy atom. The second-order valence-corrected chi connectivity index (χ2v) is 5.96. The van der Waals surface area contributed by atoms with Crippen LogP contribution in [0.5, 0.6) is 0 Å². The van der Waals surface area contributed by atoms with Crippen molar-refractivity contribution in [1.82, 2.24) is 9.78 Å². The summed E-state index contributed by atoms with van der Waals surface area (Å²) in [5, 5.41) is 7.52. The van der Waals surface area contributed by atoms with Gasteiger partial charge in [-0.25, -0.2) is 0 Å². The van der Waals surface area contributed by atoms with Crippen molar-refractivity contribution < 1.29 is 9.53 Å². The first-order chi connectivity index (χ1) is 9.74. The minimum Gasteiger partial charge on any atom is -0.381 e. The molecule has 3 rings (SSSR count). The molecule has 110 valence electrons. The Bertz CT molecular complexity index is 471. The number of aryl methyl sites for hydroxylation is 1. The number of rotatable bonds is 3. The predicted molar refractivity (Wildman–Crippen MR) is 76.6 cm³/mol. The van der Waals surface area contributed by atoms with Crippen molar-refractivity contribution in [3.63, 3.8) is 0 Å². The molecule has 0 radical (unpaired) electrons. The van der Waals surface area contributed by atoms with Gasteiger partial charge in [-0.2, -0.15) is 5.10 Å². The number of carbonyl (C=O) groups excluding carboxylic acids is 1. The van der Waals surface area contributed by atoms with Crippen LogP contribution in [0.1, 0.15) is 50.3 Å². The lowest BCUT2D eigenvalue weighted by molar-refractivity contribution is -0.119. The summed E-state index contributed by atoms with van der Waals surface area (Å²) in [6.07, 6.45) is 7.12. The molecule has 1 aliphatic heterocycles. The molecule has 20 heavy (non-hydrogen) atoms. The normalized spacial score (nSPS) is 23.9. The standard InChI is InChI=1S/C15H23N3O2/c1-11-9-14(16-15(19)12-7-8-20-10-12)17-18(11)13-5-3-2-4-6-13/h9,12-13H,2-8,10H2,1H3,(H,16,17,19)/t12-/m0/s1. The Balaban J connectivity index is 1.66. The second kappa shape index (κ2) is 5.95. The molecule has 1 aromatic rings. The molecular formula is C15H23N3O2. The quantitative estimate of drug-likeness (QED) is 0.924. The highest BCUT2D eigenvalue weighted by atomic mass is 16.5. The maximum absolute atomic E-state index is 12.1. The first-order valence-corrected chi connectivity index (χ1v) is 7.69. The van der Waals surface area contributed by atoms with Crippen molar-refractivity contribution in [3.8, 4) is 0 Å². The van der Waals surface area contributed by atoms with Gasteiger partial charge >= 0.3 is 0 Å². The molecular weight excluding hydrogens is 254 g/mol. The van der Waals surface area contributed by atoms with Crippen molar-refractivity contribution in [3.05, 3.63) is 11.8 Å². The maximum Gasteiger partial charge on any atom is 0.231 e. The molecule has 1 atom stereocenters. The molecule has 0 spiro atoms. The third-order valence-electron chi connectivity index (χ3n) is 4.39. The van der Waals surface area contributed by atoms with E-state index in [2.05, 4.69) is 22.0 Å². The highest BCUT2D eigenvalue weighted by Gasteiger charge is 2.25. The Hall–Kier alpha value is -1.36. The van der Waals surface area contributed by atoms with E-state index in [0.717, 1.165) is 12.1 Å². The predicted octanol–water partition coefficient (Wildman–Crippen LogP) is 2.67. The molecule has 0 aromatic carbocycles. The number of carbonyl (C=O) groups is 1. The maximum atomic E-state index is 12.1. The topological polar surface area (TPSA) is 56.1 Å². The second-order valence-electron chi connectivity index (χ2n) is 5.96. The van der Waals surface area contributed by atoms with E-state index in [1.165, 1.54) is 32.1 Å². The lowest BCUT2D eigenvalue weighted by atomic mass is 9.95. The van der Waals surface area contributed by atoms with Crippen LogP contribution in [0.25, 0.3) is 0 Å². The summed E-state index contributed by atoms with van der Waals surface area (Å²) in [6.45, 7) is 3.29. The van der Waals surface area contributed by atoms with E-state index in [1.54, 1.807) is 0 Å². The summed E-state index contributed by atoms with van der Waals surface area (Å²) >= 11 is 0. The first-order valence-electron chi connectivity index (χ1n) is 7.69. The summed E-state index contributed by atoms with van der Waals surface area (Å²) in [6, 6.07) is 2.48. The SMILES string of the molecule is Cc1cc(NC(=O)[C@H]2CCOC2)nn1C1CCCCC1. The summed E-state index contributed by atoms with van der Waals surface area (Å²) < 4.78 is 7.35. The van der Waals surface area contributed by atoms with E-state index >= 15 is 0 Å². The van der Waals surface area contributed by atoms with Crippen molar-refractivity contribution in [2.75, 3.05) is 18.5 Å². The molecule has 1 saturated carbocycles. The van der Waals surface area contributed by atoms with E-state index < -0.39 is 0 Å². The Labute approximate surface area is 119 Å². The van der Waals surface area contributed by atoms with E-state index in [0.29, 0.717) is 25.1 Å². The molecule has 5 nitrogen and oxygen atoms in total. The van der Waals surface area contributed by atoms with Gasteiger partial charge in [-0.1, -0.05) is 19.3 Å². The third kappa shape index (κ3) is 2.87. The fraction of sp³-hybridized carbons (Fsp3) is 0.733. The molecule has 2 aliphatic rings. The number of ether oxygens (including phenoxy) is 1. The largest absolute Gasteiger partial charge is 0.381 e. The molecule has 0 unspecified atom stereocenters. The Kier molecular flexibility index (Phi) is 4.05. The van der Waals surface area contributed by atoms with Gasteiger partial charge in [0.05, 0.1) is 18.6 Å². The summed E-state index contributed by atoms with van der Waals surface area (Å²) in [5.74, 6) is 0.705. The van der Waals surface area contributed by atoms with Gasteiger partial charge in [0.25, 0.3) is 0 Å². The third-order valence-corrected chi connectivity index (χ3v) is 4.39. The van der Waals surface area contributed by atoms with Gasteiger partial charge in [-0.05, 0) is 26.2 Å². The molecule has 1 aliphatic carbocycles. The van der Waals surface area contributed by atoms with Crippen LogP contribution in [0, 0.1) is 12.8 Å². The van der Waals surface area contributed by atoms with E-state index in [9.17, 15) is 4.79 Å². The summed E-state index contributed by atoms with van der Waals surface area (Å²) in [4.78, 5) is 12.1. The number of hydrogen-bond acceptors (Lipinski definition) is 3. The molecule has 1 aromatic heterocycles. The van der Waals surface area contributed by atoms with Crippen molar-refractivity contribution >= 4 is 11.7 Å². The van der Waals surface area contributed by atoms with Gasteiger partial charge in [0.1, 0.15) is 0 Å². The van der Waals surface area contributed by atoms with Crippen LogP contribution < -0.4 is 5.32 Å². The van der Waals surface area contributed by atoms with Gasteiger partial charge < -0.3 is 10.1 Å². The van der Waals surface area contributed by atoms with Gasteiger partial charge in [0.2, 0.25) is 5.91 Å². The molecule has 1 N–H and O–H groups in total. The summed E-state index contributed by atoms with van der Waals surface area (Å²) in [5.41, 5.74) is 1.13. The van der Waals surface area contributed by atoms with Crippen LogP contribution in [-0.4, -0.2) is 28.9 Å². The van der Waals surface area contributed by atoms with Gasteiger partial charge in [-0.3, -0.25) is 9.48 Å². The zero-order valence-electron chi connectivity index (χ0n) is 12.1. The average molecular weight is 277 g/mol. The van der Waals surface area contributed by atoms with Crippen LogP contribution in [0.2, 0.25) is 0 Å². The fourth-order valence-electron chi connectivity index (χ4n) is 3.21. The van der Waals surface area contributed by atoms with Crippen molar-refractivity contribution in [1.29, 1.82) is 0 Å². The highest BCUT2D eigenvalue weighted by molar-refractivity contribution is 5.91. The van der Waals surface area contributed by atoms with Crippen LogP contribution in [0.4, 0.5) is 5.82 Å². The van der Waals surface area contributed by atoms with Crippen LogP contribution in [0.3, 0.4) is 0 Å². The van der Waals surface area contributed by atoms with Crippen LogP contribution >= 0.6 is 0 Å². The summed E-state index contributed by atoms with van der Waals surface area (Å²) in [7, 11) is 0. The molecule has 0 bridgehead atoms. The number of amides is 1. The molecule has 2 fully saturated rings. The van der Waals surface area contributed by atoms with Gasteiger partial charge in [0, 0.05) is 18.4 Å². The first kappa shape index (κ1) is 13.6. The van der Waals surface area contributed by atoms with Crippen LogP contribution in [-0.2, 0) is 9.53 Å². The molecule has 1 saturated heterocycles. The average Bonchev–Trinajstić information content (AvgIpc) is 3.09. The van der Waals surface area contributed by atoms with Crippen molar-refractivity contribution in [2.24, 2.45) is 5.92 Å². The number of nitrogens with zero attached hydrogens (tertiary/aromatic N) is 2. The van der Waals surface area contributed by atoms with Crippen molar-refractivity contribution in [2.45, 2.75) is 51.5 Å². The lowest BCUT2D eigenvalue weighted by Crippen LogP contribution is -2.23. The minimum absolute atomic E-state index is 0.0184. The van der Waals surface area contributed by atoms with Gasteiger partial charge in [-0.15, -0.1) is 0 Å². The van der Waals surface area contributed by atoms with E-state index in [1.807, 2.05) is 6.07 Å². The number of hydrogen-bond donors (Lipinski definition) is 1. The Morgan fingerprint density at radius 3 is 2.85 bits per heavy atom. The fourth-order valence-corrected chi connectivity index (χ4v) is 3.21. The zero-order valence-corrected chi connectivity index (χ0v) is 12.1. The smallest absolute Gasteiger partial charge is 0.231 e. The van der Waals surface area contributed by atoms with E-state index in [-0.39, 0.29) is 11.8 Å². The Morgan fingerprint density at radius 2 is 2.15 bits per heavy atom. The monoisotopic (exact) mass is 277 g/mol. The molecule has 2 heterocycles. The lowest BCUT2D eigenvalue weighted by Gasteiger charge is -2.23. The van der Waals surface area contributed by atoms with E-state index in [4.69, 9.17) is 4.74 Å². The van der Waals surface area contributed by atoms with Crippen LogP contribution in [0.15, 0.2) is 6.07 Å². The van der Waals surface area contributed by atoms with Gasteiger partial charge in [0.15, 0.2) is 5.82 Å². The molecule has 5 heteroatoms. The number of nitrogens with one attached hydrogen (secondary N) is 1.